The molecule has 1 unspecified atom stereocenters. The van der Waals surface area contributed by atoms with Crippen LogP contribution in [-0.2, 0) is 4.74 Å². The number of hydrogen-bond donors (Lipinski definition) is 2. The second-order valence-corrected chi connectivity index (χ2v) is 7.59. The van der Waals surface area contributed by atoms with Crippen molar-refractivity contribution in [1.29, 1.82) is 0 Å². The fourth-order valence-corrected chi connectivity index (χ4v) is 3.92. The average Bonchev–Trinajstić information content (AvgIpc) is 3.33. The molecule has 3 aromatic rings. The fourth-order valence-electron chi connectivity index (χ4n) is 3.51. The summed E-state index contributed by atoms with van der Waals surface area (Å²) in [6.07, 6.45) is 5.96. The number of aromatic nitrogens is 3. The molecule has 1 fully saturated rings. The number of H-pyrrole nitrogens is 1. The second kappa shape index (κ2) is 8.27. The smallest absolute Gasteiger partial charge is 0.240 e. The Labute approximate surface area is 171 Å². The van der Waals surface area contributed by atoms with Crippen molar-refractivity contribution in [2.75, 3.05) is 18.5 Å². The summed E-state index contributed by atoms with van der Waals surface area (Å²) in [5.74, 6) is 0. The molecule has 2 N–H and O–H groups in total. The number of ether oxygens (including phenoxy) is 1. The summed E-state index contributed by atoms with van der Waals surface area (Å²) in [4.78, 5) is 3.15. The first-order chi connectivity index (χ1) is 13.5. The number of aromatic amines is 1. The van der Waals surface area contributed by atoms with Gasteiger partial charge < -0.3 is 15.0 Å². The van der Waals surface area contributed by atoms with Crippen LogP contribution >= 0.6 is 23.2 Å². The molecule has 1 aromatic carbocycles. The SMILES string of the molecule is FC(F)CCNc1cc(Cl)c(Cl)c2[nH]cc(-c3cnn(C4CCCCO4)c3)c12. The van der Waals surface area contributed by atoms with Gasteiger partial charge in [-0.25, -0.2) is 13.5 Å². The van der Waals surface area contributed by atoms with E-state index in [1.165, 1.54) is 0 Å². The van der Waals surface area contributed by atoms with Gasteiger partial charge in [-0.3, -0.25) is 0 Å². The highest BCUT2D eigenvalue weighted by Crippen LogP contribution is 2.41. The Hall–Kier alpha value is -1.83. The number of anilines is 1. The number of alkyl halides is 2. The van der Waals surface area contributed by atoms with Crippen LogP contribution in [0.4, 0.5) is 14.5 Å². The van der Waals surface area contributed by atoms with E-state index >= 15 is 0 Å². The first-order valence-corrected chi connectivity index (χ1v) is 9.97. The number of rotatable bonds is 6. The van der Waals surface area contributed by atoms with E-state index in [-0.39, 0.29) is 19.2 Å². The minimum Gasteiger partial charge on any atom is -0.384 e. The minimum atomic E-state index is -2.37. The largest absolute Gasteiger partial charge is 0.384 e. The molecule has 0 amide bonds. The Morgan fingerprint density at radius 1 is 1.36 bits per heavy atom. The lowest BCUT2D eigenvalue weighted by molar-refractivity contribution is -0.0394. The molecule has 0 spiro atoms. The maximum absolute atomic E-state index is 12.5. The summed E-state index contributed by atoms with van der Waals surface area (Å²) in [5.41, 5.74) is 3.07. The van der Waals surface area contributed by atoms with Crippen LogP contribution in [0, 0.1) is 0 Å². The first-order valence-electron chi connectivity index (χ1n) is 9.22. The topological polar surface area (TPSA) is 54.9 Å². The van der Waals surface area contributed by atoms with E-state index in [1.807, 2.05) is 17.1 Å². The molecule has 9 heteroatoms. The molecular formula is C19H20Cl2F2N4O. The Morgan fingerprint density at radius 2 is 2.21 bits per heavy atom. The molecule has 28 heavy (non-hydrogen) atoms. The Kier molecular flexibility index (Phi) is 5.75. The molecular weight excluding hydrogens is 409 g/mol. The van der Waals surface area contributed by atoms with Crippen LogP contribution in [0.2, 0.25) is 10.0 Å². The van der Waals surface area contributed by atoms with Gasteiger partial charge in [0.25, 0.3) is 0 Å². The van der Waals surface area contributed by atoms with Crippen LogP contribution in [0.5, 0.6) is 0 Å². The Morgan fingerprint density at radius 3 is 2.96 bits per heavy atom. The van der Waals surface area contributed by atoms with Crippen molar-refractivity contribution in [2.45, 2.75) is 38.3 Å². The number of hydrogen-bond acceptors (Lipinski definition) is 3. The van der Waals surface area contributed by atoms with E-state index in [0.717, 1.165) is 42.4 Å². The predicted molar refractivity (Wildman–Crippen MR) is 107 cm³/mol. The molecule has 3 heterocycles. The molecule has 2 aromatic heterocycles. The standard InChI is InChI=1S/C19H20Cl2F2N4O/c20-13-7-14(24-5-4-15(22)23)17-12(9-25-19(17)18(13)21)11-8-26-27(10-11)16-3-1-2-6-28-16/h7-10,15-16,24-25H,1-6H2. The monoisotopic (exact) mass is 428 g/mol. The van der Waals surface area contributed by atoms with Gasteiger partial charge >= 0.3 is 0 Å². The van der Waals surface area contributed by atoms with Crippen molar-refractivity contribution in [2.24, 2.45) is 0 Å². The number of fused-ring (bicyclic) bond motifs is 1. The number of nitrogens with zero attached hydrogens (tertiary/aromatic N) is 2. The minimum absolute atomic E-state index is 0.0608. The van der Waals surface area contributed by atoms with Crippen molar-refractivity contribution in [1.82, 2.24) is 14.8 Å². The summed E-state index contributed by atoms with van der Waals surface area (Å²) in [6, 6.07) is 1.67. The summed E-state index contributed by atoms with van der Waals surface area (Å²) < 4.78 is 32.7. The van der Waals surface area contributed by atoms with Gasteiger partial charge in [0.05, 0.1) is 21.8 Å². The predicted octanol–water partition coefficient (Wildman–Crippen LogP) is 6.10. The molecule has 1 aliphatic rings. The van der Waals surface area contributed by atoms with Crippen molar-refractivity contribution in [3.05, 3.63) is 34.7 Å². The van der Waals surface area contributed by atoms with Crippen molar-refractivity contribution >= 4 is 39.8 Å². The van der Waals surface area contributed by atoms with Gasteiger partial charge in [0.15, 0.2) is 0 Å². The zero-order valence-corrected chi connectivity index (χ0v) is 16.5. The van der Waals surface area contributed by atoms with E-state index in [9.17, 15) is 8.78 Å². The molecule has 0 saturated carbocycles. The number of benzene rings is 1. The van der Waals surface area contributed by atoms with Gasteiger partial charge in [0.1, 0.15) is 6.23 Å². The molecule has 5 nitrogen and oxygen atoms in total. The quantitative estimate of drug-likeness (QED) is 0.498. The van der Waals surface area contributed by atoms with Crippen LogP contribution < -0.4 is 5.32 Å². The van der Waals surface area contributed by atoms with E-state index in [0.29, 0.717) is 21.2 Å². The maximum Gasteiger partial charge on any atom is 0.240 e. The molecule has 0 aliphatic carbocycles. The molecule has 4 rings (SSSR count). The first kappa shape index (κ1) is 19.5. The van der Waals surface area contributed by atoms with Crippen molar-refractivity contribution in [3.63, 3.8) is 0 Å². The van der Waals surface area contributed by atoms with Crippen LogP contribution in [0.15, 0.2) is 24.7 Å². The van der Waals surface area contributed by atoms with Gasteiger partial charge in [-0.05, 0) is 25.3 Å². The highest BCUT2D eigenvalue weighted by molar-refractivity contribution is 6.46. The third kappa shape index (κ3) is 3.83. The highest BCUT2D eigenvalue weighted by atomic mass is 35.5. The summed E-state index contributed by atoms with van der Waals surface area (Å²) in [7, 11) is 0. The molecule has 0 bridgehead atoms. The van der Waals surface area contributed by atoms with E-state index in [4.69, 9.17) is 27.9 Å². The third-order valence-corrected chi connectivity index (χ3v) is 5.68. The third-order valence-electron chi connectivity index (χ3n) is 4.89. The zero-order valence-electron chi connectivity index (χ0n) is 15.0. The molecule has 1 saturated heterocycles. The van der Waals surface area contributed by atoms with Crippen molar-refractivity contribution in [3.8, 4) is 11.1 Å². The highest BCUT2D eigenvalue weighted by Gasteiger charge is 2.20. The van der Waals surface area contributed by atoms with Gasteiger partial charge in [-0.2, -0.15) is 5.10 Å². The van der Waals surface area contributed by atoms with Gasteiger partial charge in [-0.1, -0.05) is 23.2 Å². The molecule has 1 aliphatic heterocycles. The van der Waals surface area contributed by atoms with Gasteiger partial charge in [0, 0.05) is 54.2 Å². The molecule has 0 radical (unpaired) electrons. The lowest BCUT2D eigenvalue weighted by Gasteiger charge is -2.22. The van der Waals surface area contributed by atoms with Crippen LogP contribution in [0.1, 0.15) is 31.9 Å². The number of halogens is 4. The maximum atomic E-state index is 12.5. The second-order valence-electron chi connectivity index (χ2n) is 6.81. The van der Waals surface area contributed by atoms with E-state index < -0.39 is 6.43 Å². The average molecular weight is 429 g/mol. The summed E-state index contributed by atoms with van der Waals surface area (Å²) in [6.45, 7) is 0.865. The summed E-state index contributed by atoms with van der Waals surface area (Å²) >= 11 is 12.6. The number of nitrogens with one attached hydrogen (secondary N) is 2. The van der Waals surface area contributed by atoms with Crippen LogP contribution in [0.3, 0.4) is 0 Å². The van der Waals surface area contributed by atoms with Crippen LogP contribution in [-0.4, -0.2) is 34.3 Å². The summed E-state index contributed by atoms with van der Waals surface area (Å²) in [5, 5.41) is 9.06. The van der Waals surface area contributed by atoms with E-state index in [1.54, 1.807) is 12.3 Å². The lowest BCUT2D eigenvalue weighted by atomic mass is 10.1. The Balaban J connectivity index is 1.71. The van der Waals surface area contributed by atoms with Crippen molar-refractivity contribution < 1.29 is 13.5 Å². The van der Waals surface area contributed by atoms with Gasteiger partial charge in [-0.15, -0.1) is 0 Å². The molecule has 1 atom stereocenters. The van der Waals surface area contributed by atoms with Crippen LogP contribution in [0.25, 0.3) is 22.0 Å². The van der Waals surface area contributed by atoms with E-state index in [2.05, 4.69) is 15.4 Å². The molecule has 150 valence electrons. The fraction of sp³-hybridized carbons (Fsp3) is 0.421. The van der Waals surface area contributed by atoms with Gasteiger partial charge in [0.2, 0.25) is 6.43 Å². The lowest BCUT2D eigenvalue weighted by Crippen LogP contribution is -2.18. The zero-order chi connectivity index (χ0) is 19.7. The Bertz CT molecular complexity index is 966. The normalized spacial score (nSPS) is 17.5.